The largest absolute Gasteiger partial charge is 0.344 e. The summed E-state index contributed by atoms with van der Waals surface area (Å²) in [5, 5.41) is 1.89. The molecule has 142 valence electrons. The van der Waals surface area contributed by atoms with E-state index in [1.165, 1.54) is 17.5 Å². The van der Waals surface area contributed by atoms with Crippen molar-refractivity contribution in [3.63, 3.8) is 0 Å². The van der Waals surface area contributed by atoms with Crippen molar-refractivity contribution in [2.75, 3.05) is 10.5 Å². The molecule has 0 spiro atoms. The maximum Gasteiger partial charge on any atom is 0.232 e. The monoisotopic (exact) mass is 403 g/mol. The molecular weight excluding hydrogens is 382 g/mol. The van der Waals surface area contributed by atoms with Crippen LogP contribution in [-0.2, 0) is 23.5 Å². The number of hydrogen-bond acceptors (Lipinski definition) is 5. The summed E-state index contributed by atoms with van der Waals surface area (Å²) in [6.07, 6.45) is 2.06. The van der Waals surface area contributed by atoms with E-state index >= 15 is 0 Å². The first-order valence-electron chi connectivity index (χ1n) is 8.49. The standard InChI is InChI=1S/C19H21N3O3S2/c1-4-27(24,25)21-15-8-7-14(20-12-15)11-16-10-13(2)18(22(16)3)19(23)17-6-5-9-26-17/h5-10,12,21H,4,11H2,1-3H3. The molecular formula is C19H21N3O3S2. The average Bonchev–Trinajstić information content (AvgIpc) is 3.25. The van der Waals surface area contributed by atoms with Crippen LogP contribution in [0.4, 0.5) is 5.69 Å². The maximum absolute atomic E-state index is 12.7. The summed E-state index contributed by atoms with van der Waals surface area (Å²) in [7, 11) is -1.43. The Morgan fingerprint density at radius 3 is 2.67 bits per heavy atom. The minimum atomic E-state index is -3.31. The first-order chi connectivity index (χ1) is 12.8. The highest BCUT2D eigenvalue weighted by atomic mass is 32.2. The third kappa shape index (κ3) is 4.28. The molecule has 8 heteroatoms. The fraction of sp³-hybridized carbons (Fsp3) is 0.263. The molecule has 0 saturated carbocycles. The van der Waals surface area contributed by atoms with Crippen LogP contribution in [0, 0.1) is 6.92 Å². The number of carbonyl (C=O) groups is 1. The number of aromatic nitrogens is 2. The lowest BCUT2D eigenvalue weighted by Crippen LogP contribution is -2.14. The molecule has 0 aromatic carbocycles. The fourth-order valence-corrected chi connectivity index (χ4v) is 4.16. The Morgan fingerprint density at radius 2 is 2.07 bits per heavy atom. The number of pyridine rings is 1. The van der Waals surface area contributed by atoms with Gasteiger partial charge in [0.1, 0.15) is 0 Å². The molecule has 0 saturated heterocycles. The first kappa shape index (κ1) is 19.3. The second-order valence-corrected chi connectivity index (χ2v) is 9.21. The molecule has 0 aliphatic carbocycles. The van der Waals surface area contributed by atoms with Gasteiger partial charge >= 0.3 is 0 Å². The van der Waals surface area contributed by atoms with Crippen LogP contribution in [-0.4, -0.2) is 29.5 Å². The van der Waals surface area contributed by atoms with Crippen molar-refractivity contribution < 1.29 is 13.2 Å². The molecule has 3 aromatic heterocycles. The van der Waals surface area contributed by atoms with Crippen LogP contribution in [0.2, 0.25) is 0 Å². The molecule has 0 bridgehead atoms. The summed E-state index contributed by atoms with van der Waals surface area (Å²) in [6.45, 7) is 3.51. The van der Waals surface area contributed by atoms with E-state index in [2.05, 4.69) is 9.71 Å². The topological polar surface area (TPSA) is 81.1 Å². The summed E-state index contributed by atoms with van der Waals surface area (Å²) in [5.41, 5.74) is 3.82. The second kappa shape index (κ2) is 7.66. The van der Waals surface area contributed by atoms with Gasteiger partial charge in [-0.25, -0.2) is 8.42 Å². The Morgan fingerprint density at radius 1 is 1.30 bits per heavy atom. The lowest BCUT2D eigenvalue weighted by molar-refractivity contribution is 0.103. The number of nitrogens with zero attached hydrogens (tertiary/aromatic N) is 2. The van der Waals surface area contributed by atoms with Crippen LogP contribution < -0.4 is 4.72 Å². The molecule has 0 radical (unpaired) electrons. The van der Waals surface area contributed by atoms with Gasteiger partial charge in [-0.05, 0) is 49.1 Å². The highest BCUT2D eigenvalue weighted by Crippen LogP contribution is 2.22. The number of carbonyl (C=O) groups excluding carboxylic acids is 1. The number of hydrogen-bond donors (Lipinski definition) is 1. The van der Waals surface area contributed by atoms with Gasteiger partial charge in [0.25, 0.3) is 0 Å². The number of aryl methyl sites for hydroxylation is 1. The summed E-state index contributed by atoms with van der Waals surface area (Å²) in [4.78, 5) is 17.8. The molecule has 0 fully saturated rings. The van der Waals surface area contributed by atoms with E-state index in [1.54, 1.807) is 19.1 Å². The Bertz CT molecular complexity index is 1050. The Labute approximate surface area is 162 Å². The Hall–Kier alpha value is -2.45. The van der Waals surface area contributed by atoms with Crippen molar-refractivity contribution in [3.05, 3.63) is 69.4 Å². The minimum Gasteiger partial charge on any atom is -0.344 e. The van der Waals surface area contributed by atoms with E-state index in [-0.39, 0.29) is 11.5 Å². The van der Waals surface area contributed by atoms with Crippen molar-refractivity contribution in [2.24, 2.45) is 7.05 Å². The lowest BCUT2D eigenvalue weighted by Gasteiger charge is -2.08. The van der Waals surface area contributed by atoms with Crippen LogP contribution in [0.25, 0.3) is 0 Å². The SMILES string of the molecule is CCS(=O)(=O)Nc1ccc(Cc2cc(C)c(C(=O)c3cccs3)n2C)nc1. The van der Waals surface area contributed by atoms with E-state index in [4.69, 9.17) is 0 Å². The zero-order valence-electron chi connectivity index (χ0n) is 15.4. The number of ketones is 1. The predicted octanol–water partition coefficient (Wildman–Crippen LogP) is 3.37. The van der Waals surface area contributed by atoms with Crippen molar-refractivity contribution >= 4 is 32.8 Å². The molecule has 6 nitrogen and oxygen atoms in total. The number of nitrogens with one attached hydrogen (secondary N) is 1. The van der Waals surface area contributed by atoms with Crippen LogP contribution in [0.15, 0.2) is 41.9 Å². The van der Waals surface area contributed by atoms with Crippen LogP contribution in [0.5, 0.6) is 0 Å². The van der Waals surface area contributed by atoms with E-state index < -0.39 is 10.0 Å². The van der Waals surface area contributed by atoms with Gasteiger partial charge in [-0.2, -0.15) is 0 Å². The van der Waals surface area contributed by atoms with Gasteiger partial charge in [0, 0.05) is 24.9 Å². The summed E-state index contributed by atoms with van der Waals surface area (Å²) in [6, 6.07) is 9.18. The molecule has 0 aliphatic rings. The van der Waals surface area contributed by atoms with Gasteiger partial charge < -0.3 is 4.57 Å². The zero-order chi connectivity index (χ0) is 19.6. The van der Waals surface area contributed by atoms with Gasteiger partial charge in [-0.1, -0.05) is 6.07 Å². The van der Waals surface area contributed by atoms with Crippen LogP contribution in [0.3, 0.4) is 0 Å². The predicted molar refractivity (Wildman–Crippen MR) is 108 cm³/mol. The molecule has 0 amide bonds. The van der Waals surface area contributed by atoms with Crippen LogP contribution >= 0.6 is 11.3 Å². The Kier molecular flexibility index (Phi) is 5.48. The zero-order valence-corrected chi connectivity index (χ0v) is 17.0. The van der Waals surface area contributed by atoms with Gasteiger partial charge in [0.15, 0.2) is 0 Å². The van der Waals surface area contributed by atoms with Gasteiger partial charge in [-0.15, -0.1) is 11.3 Å². The number of anilines is 1. The molecule has 0 aliphatic heterocycles. The molecule has 1 N–H and O–H groups in total. The van der Waals surface area contributed by atoms with E-state index in [9.17, 15) is 13.2 Å². The maximum atomic E-state index is 12.7. The van der Waals surface area contributed by atoms with Gasteiger partial charge in [0.2, 0.25) is 15.8 Å². The quantitative estimate of drug-likeness (QED) is 0.613. The van der Waals surface area contributed by atoms with Crippen molar-refractivity contribution in [1.29, 1.82) is 0 Å². The number of sulfonamides is 1. The van der Waals surface area contributed by atoms with Gasteiger partial charge in [-0.3, -0.25) is 14.5 Å². The molecule has 27 heavy (non-hydrogen) atoms. The van der Waals surface area contributed by atoms with Crippen molar-refractivity contribution in [1.82, 2.24) is 9.55 Å². The molecule has 3 rings (SSSR count). The lowest BCUT2D eigenvalue weighted by atomic mass is 10.1. The highest BCUT2D eigenvalue weighted by molar-refractivity contribution is 7.92. The normalized spacial score (nSPS) is 11.5. The van der Waals surface area contributed by atoms with Crippen molar-refractivity contribution in [2.45, 2.75) is 20.3 Å². The van der Waals surface area contributed by atoms with E-state index in [0.717, 1.165) is 21.8 Å². The fourth-order valence-electron chi connectivity index (χ4n) is 2.88. The Balaban J connectivity index is 1.80. The highest BCUT2D eigenvalue weighted by Gasteiger charge is 2.19. The summed E-state index contributed by atoms with van der Waals surface area (Å²) in [5.74, 6) is 0.0341. The smallest absolute Gasteiger partial charge is 0.232 e. The molecule has 0 atom stereocenters. The second-order valence-electron chi connectivity index (χ2n) is 6.25. The van der Waals surface area contributed by atoms with Crippen LogP contribution in [0.1, 0.15) is 39.2 Å². The van der Waals surface area contributed by atoms with E-state index in [0.29, 0.717) is 17.8 Å². The number of rotatable bonds is 7. The molecule has 3 aromatic rings. The third-order valence-corrected chi connectivity index (χ3v) is 6.50. The van der Waals surface area contributed by atoms with E-state index in [1.807, 2.05) is 42.1 Å². The summed E-state index contributed by atoms with van der Waals surface area (Å²) < 4.78 is 27.6. The first-order valence-corrected chi connectivity index (χ1v) is 11.0. The average molecular weight is 404 g/mol. The summed E-state index contributed by atoms with van der Waals surface area (Å²) >= 11 is 1.43. The molecule has 0 unspecified atom stereocenters. The van der Waals surface area contributed by atoms with Crippen molar-refractivity contribution in [3.8, 4) is 0 Å². The number of thiophene rings is 1. The third-order valence-electron chi connectivity index (χ3n) is 4.32. The minimum absolute atomic E-state index is 0.0123. The molecule has 3 heterocycles. The van der Waals surface area contributed by atoms with Gasteiger partial charge in [0.05, 0.1) is 28.2 Å².